The number of carbonyl (C=O) groups is 1. The molecule has 4 heteroatoms. The molecule has 100 valence electrons. The first-order chi connectivity index (χ1) is 8.23. The molecular formula is C14H19FO3. The number of hydrogen-bond acceptors (Lipinski definition) is 3. The van der Waals surface area contributed by atoms with Crippen molar-refractivity contribution in [2.75, 3.05) is 6.61 Å². The fourth-order valence-corrected chi connectivity index (χ4v) is 1.66. The first-order valence-corrected chi connectivity index (χ1v) is 5.89. The van der Waals surface area contributed by atoms with Crippen molar-refractivity contribution >= 4 is 5.97 Å². The van der Waals surface area contributed by atoms with E-state index in [1.807, 2.05) is 0 Å². The molecule has 0 saturated heterocycles. The number of ether oxygens (including phenoxy) is 1. The van der Waals surface area contributed by atoms with Crippen molar-refractivity contribution in [3.63, 3.8) is 0 Å². The maximum atomic E-state index is 13.2. The Morgan fingerprint density at radius 2 is 2.00 bits per heavy atom. The predicted octanol–water partition coefficient (Wildman–Crippen LogP) is 2.62. The first-order valence-electron chi connectivity index (χ1n) is 5.89. The number of carbonyl (C=O) groups excluding carboxylic acids is 1. The Bertz CT molecular complexity index is 438. The average Bonchev–Trinajstić information content (AvgIpc) is 2.29. The van der Waals surface area contributed by atoms with Gasteiger partial charge in [-0.15, -0.1) is 0 Å². The fraction of sp³-hybridized carbons (Fsp3) is 0.500. The van der Waals surface area contributed by atoms with Crippen molar-refractivity contribution in [1.82, 2.24) is 0 Å². The maximum Gasteiger partial charge on any atom is 0.314 e. The highest BCUT2D eigenvalue weighted by molar-refractivity contribution is 5.77. The summed E-state index contributed by atoms with van der Waals surface area (Å²) >= 11 is 0. The number of hydrogen-bond donors (Lipinski definition) is 1. The molecule has 3 nitrogen and oxygen atoms in total. The summed E-state index contributed by atoms with van der Waals surface area (Å²) in [6, 6.07) is 5.60. The number of esters is 1. The van der Waals surface area contributed by atoms with E-state index in [1.165, 1.54) is 25.1 Å². The lowest BCUT2D eigenvalue weighted by Crippen LogP contribution is -2.46. The Morgan fingerprint density at radius 3 is 2.50 bits per heavy atom. The van der Waals surface area contributed by atoms with Crippen LogP contribution in [0.25, 0.3) is 0 Å². The molecule has 1 unspecified atom stereocenters. The summed E-state index contributed by atoms with van der Waals surface area (Å²) in [5.41, 5.74) is -2.33. The molecule has 0 spiro atoms. The summed E-state index contributed by atoms with van der Waals surface area (Å²) in [6.07, 6.45) is 0. The smallest absolute Gasteiger partial charge is 0.314 e. The lowest BCUT2D eigenvalue weighted by molar-refractivity contribution is -0.170. The van der Waals surface area contributed by atoms with Crippen LogP contribution in [0, 0.1) is 11.2 Å². The molecule has 18 heavy (non-hydrogen) atoms. The second kappa shape index (κ2) is 5.06. The quantitative estimate of drug-likeness (QED) is 0.840. The van der Waals surface area contributed by atoms with E-state index in [-0.39, 0.29) is 6.61 Å². The van der Waals surface area contributed by atoms with Gasteiger partial charge >= 0.3 is 5.97 Å². The highest BCUT2D eigenvalue weighted by Gasteiger charge is 2.47. The number of aliphatic hydroxyl groups is 1. The zero-order valence-corrected chi connectivity index (χ0v) is 11.2. The SMILES string of the molecule is CCOC(=O)C(C)(C)C(C)(O)c1cccc(F)c1. The van der Waals surface area contributed by atoms with Gasteiger partial charge in [0, 0.05) is 0 Å². The molecule has 1 aromatic carbocycles. The Kier molecular flexibility index (Phi) is 4.12. The van der Waals surface area contributed by atoms with Crippen molar-refractivity contribution in [2.24, 2.45) is 5.41 Å². The molecule has 0 saturated carbocycles. The lowest BCUT2D eigenvalue weighted by atomic mass is 9.72. The third-order valence-corrected chi connectivity index (χ3v) is 3.39. The molecule has 1 aromatic rings. The van der Waals surface area contributed by atoms with E-state index in [0.29, 0.717) is 5.56 Å². The Labute approximate surface area is 107 Å². The van der Waals surface area contributed by atoms with Gasteiger partial charge in [0.25, 0.3) is 0 Å². The van der Waals surface area contributed by atoms with Gasteiger partial charge in [-0.3, -0.25) is 4.79 Å². The van der Waals surface area contributed by atoms with Crippen LogP contribution in [0.4, 0.5) is 4.39 Å². The predicted molar refractivity (Wildman–Crippen MR) is 66.4 cm³/mol. The van der Waals surface area contributed by atoms with Crippen LogP contribution in [0.3, 0.4) is 0 Å². The molecule has 0 amide bonds. The van der Waals surface area contributed by atoms with E-state index in [1.54, 1.807) is 26.8 Å². The van der Waals surface area contributed by atoms with Gasteiger partial charge in [0.05, 0.1) is 12.0 Å². The summed E-state index contributed by atoms with van der Waals surface area (Å²) in [4.78, 5) is 11.9. The highest BCUT2D eigenvalue weighted by atomic mass is 19.1. The van der Waals surface area contributed by atoms with Crippen molar-refractivity contribution in [2.45, 2.75) is 33.3 Å². The molecule has 0 aliphatic carbocycles. The van der Waals surface area contributed by atoms with Crippen molar-refractivity contribution in [1.29, 1.82) is 0 Å². The van der Waals surface area contributed by atoms with Gasteiger partial charge in [0.1, 0.15) is 11.4 Å². The van der Waals surface area contributed by atoms with Crippen LogP contribution in [0.5, 0.6) is 0 Å². The second-order valence-electron chi connectivity index (χ2n) is 4.93. The maximum absolute atomic E-state index is 13.2. The van der Waals surface area contributed by atoms with E-state index in [9.17, 15) is 14.3 Å². The average molecular weight is 254 g/mol. The first kappa shape index (κ1) is 14.6. The van der Waals surface area contributed by atoms with E-state index in [4.69, 9.17) is 4.74 Å². The Hall–Kier alpha value is -1.42. The third-order valence-electron chi connectivity index (χ3n) is 3.39. The molecule has 0 bridgehead atoms. The molecule has 0 fully saturated rings. The fourth-order valence-electron chi connectivity index (χ4n) is 1.66. The monoisotopic (exact) mass is 254 g/mol. The number of benzene rings is 1. The van der Waals surface area contributed by atoms with Crippen molar-refractivity contribution in [3.05, 3.63) is 35.6 Å². The van der Waals surface area contributed by atoms with Gasteiger partial charge in [0.15, 0.2) is 0 Å². The topological polar surface area (TPSA) is 46.5 Å². The van der Waals surface area contributed by atoms with E-state index in [0.717, 1.165) is 0 Å². The Balaban J connectivity index is 3.16. The normalized spacial score (nSPS) is 15.0. The zero-order valence-electron chi connectivity index (χ0n) is 11.2. The van der Waals surface area contributed by atoms with Crippen LogP contribution in [0.2, 0.25) is 0 Å². The zero-order chi connectivity index (χ0) is 14.0. The van der Waals surface area contributed by atoms with Gasteiger partial charge in [-0.1, -0.05) is 12.1 Å². The van der Waals surface area contributed by atoms with Gasteiger partial charge in [-0.25, -0.2) is 4.39 Å². The summed E-state index contributed by atoms with van der Waals surface area (Å²) in [5, 5.41) is 10.6. The molecule has 1 atom stereocenters. The molecule has 0 aliphatic rings. The van der Waals surface area contributed by atoms with Crippen molar-refractivity contribution in [3.8, 4) is 0 Å². The van der Waals surface area contributed by atoms with Gasteiger partial charge < -0.3 is 9.84 Å². The molecule has 0 aliphatic heterocycles. The molecular weight excluding hydrogens is 235 g/mol. The molecule has 1 N–H and O–H groups in total. The van der Waals surface area contributed by atoms with E-state index >= 15 is 0 Å². The Morgan fingerprint density at radius 1 is 1.39 bits per heavy atom. The van der Waals surface area contributed by atoms with Crippen LogP contribution in [0.15, 0.2) is 24.3 Å². The van der Waals surface area contributed by atoms with Crippen LogP contribution in [-0.4, -0.2) is 17.7 Å². The van der Waals surface area contributed by atoms with Gasteiger partial charge in [-0.2, -0.15) is 0 Å². The van der Waals surface area contributed by atoms with E-state index in [2.05, 4.69) is 0 Å². The largest absolute Gasteiger partial charge is 0.465 e. The third kappa shape index (κ3) is 2.53. The minimum Gasteiger partial charge on any atom is -0.465 e. The molecule has 1 rings (SSSR count). The van der Waals surface area contributed by atoms with Gasteiger partial charge in [0.2, 0.25) is 0 Å². The number of halogens is 1. The molecule has 0 radical (unpaired) electrons. The van der Waals surface area contributed by atoms with Crippen molar-refractivity contribution < 1.29 is 19.0 Å². The van der Waals surface area contributed by atoms with Crippen LogP contribution >= 0.6 is 0 Å². The minimum absolute atomic E-state index is 0.238. The second-order valence-corrected chi connectivity index (χ2v) is 4.93. The van der Waals surface area contributed by atoms with Crippen LogP contribution < -0.4 is 0 Å². The highest BCUT2D eigenvalue weighted by Crippen LogP contribution is 2.40. The van der Waals surface area contributed by atoms with Gasteiger partial charge in [-0.05, 0) is 45.4 Å². The molecule has 0 aromatic heterocycles. The lowest BCUT2D eigenvalue weighted by Gasteiger charge is -2.38. The van der Waals surface area contributed by atoms with Crippen LogP contribution in [-0.2, 0) is 15.1 Å². The van der Waals surface area contributed by atoms with Crippen LogP contribution in [0.1, 0.15) is 33.3 Å². The number of rotatable bonds is 4. The minimum atomic E-state index is -1.51. The standard InChI is InChI=1S/C14H19FO3/c1-5-18-12(16)13(2,3)14(4,17)10-7-6-8-11(15)9-10/h6-9,17H,5H2,1-4H3. The molecule has 0 heterocycles. The summed E-state index contributed by atoms with van der Waals surface area (Å²) in [7, 11) is 0. The van der Waals surface area contributed by atoms with E-state index < -0.39 is 22.8 Å². The summed E-state index contributed by atoms with van der Waals surface area (Å²) in [6.45, 7) is 6.58. The summed E-state index contributed by atoms with van der Waals surface area (Å²) in [5.74, 6) is -0.966. The summed E-state index contributed by atoms with van der Waals surface area (Å²) < 4.78 is 18.2.